The number of halogens is 2. The van der Waals surface area contributed by atoms with Gasteiger partial charge >= 0.3 is 0 Å². The molecule has 0 saturated carbocycles. The highest BCUT2D eigenvalue weighted by atomic mass is 79.9. The van der Waals surface area contributed by atoms with E-state index < -0.39 is 0 Å². The van der Waals surface area contributed by atoms with Gasteiger partial charge in [0.25, 0.3) is 0 Å². The Kier molecular flexibility index (Phi) is 12.4. The predicted molar refractivity (Wildman–Crippen MR) is 92.2 cm³/mol. The van der Waals surface area contributed by atoms with Crippen LogP contribution < -0.4 is 0 Å². The quantitative estimate of drug-likeness (QED) is 0.246. The predicted octanol–water partition coefficient (Wildman–Crippen LogP) is 7.23. The van der Waals surface area contributed by atoms with Crippen LogP contribution in [-0.4, -0.2) is 9.15 Å². The molecule has 0 bridgehead atoms. The van der Waals surface area contributed by atoms with Gasteiger partial charge in [0.1, 0.15) is 0 Å². The number of hydrogen-bond donors (Lipinski definition) is 0. The standard InChI is InChI=1S/C16H32Br2/c1-4-5-6-7-8-9-10-11-12-13-14-16(3,18)15(2)17/h15H,4-14H2,1-3H3. The second-order valence-electron chi connectivity index (χ2n) is 5.83. The molecule has 0 aromatic rings. The average molecular weight is 384 g/mol. The van der Waals surface area contributed by atoms with E-state index in [1.807, 2.05) is 0 Å². The minimum absolute atomic E-state index is 0.271. The Hall–Kier alpha value is 0.960. The minimum Gasteiger partial charge on any atom is -0.0879 e. The Labute approximate surface area is 132 Å². The lowest BCUT2D eigenvalue weighted by atomic mass is 9.99. The summed E-state index contributed by atoms with van der Waals surface area (Å²) in [5.41, 5.74) is 0. The molecule has 0 rings (SSSR count). The Morgan fingerprint density at radius 3 is 1.61 bits per heavy atom. The molecule has 0 fully saturated rings. The molecular weight excluding hydrogens is 352 g/mol. The fourth-order valence-corrected chi connectivity index (χ4v) is 2.67. The van der Waals surface area contributed by atoms with Gasteiger partial charge in [-0.15, -0.1) is 0 Å². The van der Waals surface area contributed by atoms with Crippen molar-refractivity contribution in [2.45, 2.75) is 101 Å². The van der Waals surface area contributed by atoms with Gasteiger partial charge in [-0.05, 0) is 13.3 Å². The van der Waals surface area contributed by atoms with Crippen molar-refractivity contribution in [3.8, 4) is 0 Å². The van der Waals surface area contributed by atoms with Gasteiger partial charge in [0.05, 0.1) is 0 Å². The average Bonchev–Trinajstić information content (AvgIpc) is 2.31. The zero-order chi connectivity index (χ0) is 13.9. The first-order valence-electron chi connectivity index (χ1n) is 7.83. The number of unbranched alkanes of at least 4 members (excludes halogenated alkanes) is 9. The molecule has 0 spiro atoms. The summed E-state index contributed by atoms with van der Waals surface area (Å²) in [7, 11) is 0. The number of hydrogen-bond acceptors (Lipinski definition) is 0. The van der Waals surface area contributed by atoms with Crippen LogP contribution in [0, 0.1) is 0 Å². The van der Waals surface area contributed by atoms with Crippen LogP contribution in [0.4, 0.5) is 0 Å². The molecule has 0 amide bonds. The first kappa shape index (κ1) is 19.0. The van der Waals surface area contributed by atoms with Crippen LogP contribution >= 0.6 is 31.9 Å². The monoisotopic (exact) mass is 382 g/mol. The van der Waals surface area contributed by atoms with Crippen molar-refractivity contribution in [3.05, 3.63) is 0 Å². The normalized spacial score (nSPS) is 16.5. The summed E-state index contributed by atoms with van der Waals surface area (Å²) in [6.45, 7) is 6.80. The van der Waals surface area contributed by atoms with Crippen molar-refractivity contribution in [1.82, 2.24) is 0 Å². The van der Waals surface area contributed by atoms with E-state index in [1.54, 1.807) is 0 Å². The fourth-order valence-electron chi connectivity index (χ4n) is 2.16. The summed E-state index contributed by atoms with van der Waals surface area (Å²) in [5, 5.41) is 0. The molecule has 0 aliphatic carbocycles. The third-order valence-corrected chi connectivity index (χ3v) is 6.56. The van der Waals surface area contributed by atoms with Crippen molar-refractivity contribution in [3.63, 3.8) is 0 Å². The topological polar surface area (TPSA) is 0 Å². The third-order valence-electron chi connectivity index (χ3n) is 3.85. The lowest BCUT2D eigenvalue weighted by Gasteiger charge is -2.25. The maximum Gasteiger partial charge on any atom is 0.0352 e. The molecule has 0 aliphatic heterocycles. The number of alkyl halides is 2. The summed E-state index contributed by atoms with van der Waals surface area (Å²) in [4.78, 5) is 0.545. The van der Waals surface area contributed by atoms with E-state index in [0.717, 1.165) is 0 Å². The second kappa shape index (κ2) is 11.8. The van der Waals surface area contributed by atoms with E-state index in [0.29, 0.717) is 4.83 Å². The van der Waals surface area contributed by atoms with Crippen LogP contribution in [0.15, 0.2) is 0 Å². The first-order chi connectivity index (χ1) is 8.50. The van der Waals surface area contributed by atoms with Gasteiger partial charge in [-0.1, -0.05) is 110 Å². The SMILES string of the molecule is CCCCCCCCCCCCC(C)(Br)C(C)Br. The van der Waals surface area contributed by atoms with Gasteiger partial charge in [0.2, 0.25) is 0 Å². The summed E-state index contributed by atoms with van der Waals surface area (Å²) >= 11 is 7.49. The maximum absolute atomic E-state index is 3.82. The van der Waals surface area contributed by atoms with Gasteiger partial charge < -0.3 is 0 Å². The van der Waals surface area contributed by atoms with Crippen molar-refractivity contribution in [1.29, 1.82) is 0 Å². The molecule has 0 saturated heterocycles. The molecule has 0 aliphatic rings. The highest BCUT2D eigenvalue weighted by molar-refractivity contribution is 9.12. The first-order valence-corrected chi connectivity index (χ1v) is 9.54. The summed E-state index contributed by atoms with van der Waals surface area (Å²) < 4.78 is 0.271. The fraction of sp³-hybridized carbons (Fsp3) is 1.00. The van der Waals surface area contributed by atoms with Crippen molar-refractivity contribution >= 4 is 31.9 Å². The van der Waals surface area contributed by atoms with Gasteiger partial charge in [-0.3, -0.25) is 0 Å². The Bertz CT molecular complexity index is 176. The molecular formula is C16H32Br2. The van der Waals surface area contributed by atoms with E-state index in [1.165, 1.54) is 70.6 Å². The van der Waals surface area contributed by atoms with E-state index in [4.69, 9.17) is 0 Å². The molecule has 0 aromatic carbocycles. The lowest BCUT2D eigenvalue weighted by molar-refractivity contribution is 0.515. The van der Waals surface area contributed by atoms with Crippen LogP contribution in [0.25, 0.3) is 0 Å². The molecule has 2 atom stereocenters. The molecule has 0 N–H and O–H groups in total. The second-order valence-corrected chi connectivity index (χ2v) is 9.01. The highest BCUT2D eigenvalue weighted by Gasteiger charge is 2.24. The number of rotatable bonds is 12. The summed E-state index contributed by atoms with van der Waals surface area (Å²) in [5.74, 6) is 0. The Morgan fingerprint density at radius 2 is 1.22 bits per heavy atom. The Morgan fingerprint density at radius 1 is 0.833 bits per heavy atom. The molecule has 2 unspecified atom stereocenters. The van der Waals surface area contributed by atoms with Gasteiger partial charge in [0, 0.05) is 9.15 Å². The van der Waals surface area contributed by atoms with E-state index in [9.17, 15) is 0 Å². The van der Waals surface area contributed by atoms with E-state index in [-0.39, 0.29) is 4.32 Å². The van der Waals surface area contributed by atoms with Crippen LogP contribution in [-0.2, 0) is 0 Å². The van der Waals surface area contributed by atoms with E-state index >= 15 is 0 Å². The van der Waals surface area contributed by atoms with Crippen LogP contribution in [0.3, 0.4) is 0 Å². The lowest BCUT2D eigenvalue weighted by Crippen LogP contribution is -2.25. The molecule has 0 aromatic heterocycles. The minimum atomic E-state index is 0.271. The van der Waals surface area contributed by atoms with Crippen LogP contribution in [0.5, 0.6) is 0 Å². The van der Waals surface area contributed by atoms with Crippen molar-refractivity contribution in [2.24, 2.45) is 0 Å². The maximum atomic E-state index is 3.82. The van der Waals surface area contributed by atoms with Gasteiger partial charge in [-0.25, -0.2) is 0 Å². The zero-order valence-electron chi connectivity index (χ0n) is 12.6. The molecule has 2 heteroatoms. The van der Waals surface area contributed by atoms with Crippen LogP contribution in [0.1, 0.15) is 91.4 Å². The third kappa shape index (κ3) is 10.8. The van der Waals surface area contributed by atoms with Crippen molar-refractivity contribution < 1.29 is 0 Å². The summed E-state index contributed by atoms with van der Waals surface area (Å²) in [6.07, 6.45) is 15.5. The van der Waals surface area contributed by atoms with E-state index in [2.05, 4.69) is 52.6 Å². The van der Waals surface area contributed by atoms with Gasteiger partial charge in [0.15, 0.2) is 0 Å². The van der Waals surface area contributed by atoms with Crippen molar-refractivity contribution in [2.75, 3.05) is 0 Å². The molecule has 110 valence electrons. The van der Waals surface area contributed by atoms with Gasteiger partial charge in [-0.2, -0.15) is 0 Å². The molecule has 0 radical (unpaired) electrons. The zero-order valence-corrected chi connectivity index (χ0v) is 15.8. The summed E-state index contributed by atoms with van der Waals surface area (Å²) in [6, 6.07) is 0. The molecule has 0 nitrogen and oxygen atoms in total. The van der Waals surface area contributed by atoms with Crippen LogP contribution in [0.2, 0.25) is 0 Å². The molecule has 0 heterocycles. The largest absolute Gasteiger partial charge is 0.0879 e. The molecule has 18 heavy (non-hydrogen) atoms. The smallest absolute Gasteiger partial charge is 0.0352 e. The Balaban J connectivity index is 3.21. The highest BCUT2D eigenvalue weighted by Crippen LogP contribution is 2.32.